The molecule has 1 saturated carbocycles. The van der Waals surface area contributed by atoms with Gasteiger partial charge in [0.05, 0.1) is 6.10 Å². The summed E-state index contributed by atoms with van der Waals surface area (Å²) in [5.41, 5.74) is 3.83. The number of benzene rings is 1. The van der Waals surface area contributed by atoms with E-state index >= 15 is 0 Å². The van der Waals surface area contributed by atoms with Crippen LogP contribution in [-0.2, 0) is 4.74 Å². The average Bonchev–Trinajstić information content (AvgIpc) is 3.02. The van der Waals surface area contributed by atoms with Crippen molar-refractivity contribution in [3.8, 4) is 11.5 Å². The first-order chi connectivity index (χ1) is 22.8. The third-order valence-electron chi connectivity index (χ3n) is 12.9. The molecule has 0 unspecified atom stereocenters. The highest BCUT2D eigenvalue weighted by Crippen LogP contribution is 2.49. The van der Waals surface area contributed by atoms with Crippen molar-refractivity contribution in [2.24, 2.45) is 23.7 Å². The fourth-order valence-corrected chi connectivity index (χ4v) is 20.7. The molecule has 0 aromatic heterocycles. The van der Waals surface area contributed by atoms with Gasteiger partial charge in [-0.3, -0.25) is 0 Å². The van der Waals surface area contributed by atoms with Gasteiger partial charge in [0, 0.05) is 18.4 Å². The first kappa shape index (κ1) is 42.3. The topological polar surface area (TPSA) is 47.9 Å². The molecule has 1 saturated heterocycles. The van der Waals surface area contributed by atoms with Crippen molar-refractivity contribution in [1.82, 2.24) is 0 Å². The lowest BCUT2D eigenvalue weighted by Crippen LogP contribution is -2.51. The van der Waals surface area contributed by atoms with Crippen LogP contribution in [0.2, 0.25) is 33.2 Å². The molecule has 2 fully saturated rings. The van der Waals surface area contributed by atoms with E-state index in [0.29, 0.717) is 45.6 Å². The minimum atomic E-state index is -2.23. The van der Waals surface area contributed by atoms with Crippen LogP contribution in [0.5, 0.6) is 11.5 Å². The Morgan fingerprint density at radius 2 is 1.16 bits per heavy atom. The second-order valence-corrected chi connectivity index (χ2v) is 29.1. The number of aliphatic hydroxyl groups is 1. The number of hydrogen-bond donors (Lipinski definition) is 1. The molecule has 6 heteroatoms. The van der Waals surface area contributed by atoms with Crippen LogP contribution in [0.3, 0.4) is 0 Å². The molecule has 1 aliphatic carbocycles. The molecule has 49 heavy (non-hydrogen) atoms. The molecule has 0 amide bonds. The zero-order chi connectivity index (χ0) is 36.9. The molecular weight excluding hydrogens is 637 g/mol. The molecule has 1 heterocycles. The molecule has 0 bridgehead atoms. The Hall–Kier alpha value is -1.09. The fourth-order valence-electron chi connectivity index (χ4n) is 10.2. The molecular formula is C43H78O4Si2. The van der Waals surface area contributed by atoms with Gasteiger partial charge in [-0.1, -0.05) is 135 Å². The lowest BCUT2D eigenvalue weighted by molar-refractivity contribution is -0.294. The van der Waals surface area contributed by atoms with Gasteiger partial charge in [-0.2, -0.15) is 0 Å². The van der Waals surface area contributed by atoms with Crippen molar-refractivity contribution in [3.63, 3.8) is 0 Å². The van der Waals surface area contributed by atoms with Crippen molar-refractivity contribution in [1.29, 1.82) is 0 Å². The van der Waals surface area contributed by atoms with Gasteiger partial charge in [-0.15, -0.1) is 0 Å². The zero-order valence-electron chi connectivity index (χ0n) is 34.6. The van der Waals surface area contributed by atoms with E-state index in [1.807, 2.05) is 0 Å². The van der Waals surface area contributed by atoms with Crippen molar-refractivity contribution >= 4 is 16.6 Å². The first-order valence-electron chi connectivity index (χ1n) is 20.4. The van der Waals surface area contributed by atoms with Gasteiger partial charge in [-0.05, 0) is 94.4 Å². The van der Waals surface area contributed by atoms with Gasteiger partial charge >= 0.3 is 0 Å². The summed E-state index contributed by atoms with van der Waals surface area (Å²) in [6, 6.07) is 6.66. The highest BCUT2D eigenvalue weighted by Gasteiger charge is 2.49. The van der Waals surface area contributed by atoms with Gasteiger partial charge in [-0.25, -0.2) is 0 Å². The second-order valence-electron chi connectivity index (χ2n) is 18.4. The van der Waals surface area contributed by atoms with Crippen LogP contribution in [0.25, 0.3) is 0 Å². The molecule has 1 aromatic carbocycles. The Labute approximate surface area is 305 Å². The third-order valence-corrected chi connectivity index (χ3v) is 24.9. The van der Waals surface area contributed by atoms with Crippen molar-refractivity contribution in [2.45, 2.75) is 200 Å². The standard InChI is InChI=1S/C43H78O4Si2/c1-29(2)48(30(3)4,31(5)6)46-40-26-39(27-41(28-40)47-49(32(7)8,33(9)10)34(11)12)42-36(14)23-24-43(44,45-42)37(15)25-35(13)21-22-38-19-17-16-18-20-38/h21-22,26-38,42,44H,16-20,23-25H2,1-15H3/b22-21-/t35-,36+,37+,42+,43-/m1/s1. The summed E-state index contributed by atoms with van der Waals surface area (Å²) in [6.45, 7) is 34.9. The van der Waals surface area contributed by atoms with Gasteiger partial charge in [0.1, 0.15) is 11.5 Å². The predicted molar refractivity (Wildman–Crippen MR) is 216 cm³/mol. The maximum Gasteiger partial charge on any atom is 0.258 e. The van der Waals surface area contributed by atoms with E-state index in [4.69, 9.17) is 13.6 Å². The summed E-state index contributed by atoms with van der Waals surface area (Å²) in [5.74, 6) is 2.08. The van der Waals surface area contributed by atoms with E-state index in [1.54, 1.807) is 0 Å². The van der Waals surface area contributed by atoms with E-state index in [9.17, 15) is 5.11 Å². The summed E-state index contributed by atoms with van der Waals surface area (Å²) in [7, 11) is -4.46. The van der Waals surface area contributed by atoms with E-state index in [-0.39, 0.29) is 17.9 Å². The van der Waals surface area contributed by atoms with E-state index in [1.165, 1.54) is 32.1 Å². The highest BCUT2D eigenvalue weighted by molar-refractivity contribution is 6.78. The molecule has 1 N–H and O–H groups in total. The molecule has 282 valence electrons. The van der Waals surface area contributed by atoms with Crippen LogP contribution in [0, 0.1) is 23.7 Å². The SMILES string of the molecule is CC(C)[Si](Oc1cc(O[Si](C(C)C)(C(C)C)C(C)C)cc([C@H]2O[C@@](O)([C@@H](C)C[C@H](C)/C=C\C3CCCCC3)CC[C@@H]2C)c1)(C(C)C)C(C)C. The fraction of sp³-hybridized carbons (Fsp3) is 0.814. The normalized spacial score (nSPS) is 24.6. The summed E-state index contributed by atoms with van der Waals surface area (Å²) in [4.78, 5) is 0. The molecule has 0 spiro atoms. The number of hydrogen-bond acceptors (Lipinski definition) is 4. The lowest BCUT2D eigenvalue weighted by atomic mass is 9.80. The summed E-state index contributed by atoms with van der Waals surface area (Å²) in [6.07, 6.45) is 13.9. The average molecular weight is 715 g/mol. The zero-order valence-corrected chi connectivity index (χ0v) is 36.6. The van der Waals surface area contributed by atoms with Crippen molar-refractivity contribution in [3.05, 3.63) is 35.9 Å². The van der Waals surface area contributed by atoms with Crippen molar-refractivity contribution < 1.29 is 18.7 Å². The minimum Gasteiger partial charge on any atom is -0.543 e. The molecule has 4 nitrogen and oxygen atoms in total. The summed E-state index contributed by atoms with van der Waals surface area (Å²) >= 11 is 0. The lowest BCUT2D eigenvalue weighted by Gasteiger charge is -2.46. The number of rotatable bonds is 16. The molecule has 0 radical (unpaired) electrons. The van der Waals surface area contributed by atoms with Crippen molar-refractivity contribution in [2.75, 3.05) is 0 Å². The molecule has 3 rings (SSSR count). The molecule has 1 aliphatic heterocycles. The van der Waals surface area contributed by atoms with Gasteiger partial charge < -0.3 is 18.7 Å². The highest BCUT2D eigenvalue weighted by atomic mass is 28.4. The Bertz CT molecular complexity index is 1090. The maximum absolute atomic E-state index is 12.2. The van der Waals surface area contributed by atoms with Gasteiger partial charge in [0.15, 0.2) is 5.79 Å². The maximum atomic E-state index is 12.2. The van der Waals surface area contributed by atoms with Crippen LogP contribution >= 0.6 is 0 Å². The predicted octanol–water partition coefficient (Wildman–Crippen LogP) is 13.8. The minimum absolute atomic E-state index is 0.0226. The van der Waals surface area contributed by atoms with Crippen LogP contribution in [0.4, 0.5) is 0 Å². The van der Waals surface area contributed by atoms with E-state index < -0.39 is 22.4 Å². The number of ether oxygens (including phenoxy) is 1. The summed E-state index contributed by atoms with van der Waals surface area (Å²) in [5, 5.41) is 12.2. The van der Waals surface area contributed by atoms with Crippen LogP contribution in [0.15, 0.2) is 30.4 Å². The Morgan fingerprint density at radius 1 is 0.714 bits per heavy atom. The summed E-state index contributed by atoms with van der Waals surface area (Å²) < 4.78 is 21.7. The van der Waals surface area contributed by atoms with Gasteiger partial charge in [0.2, 0.25) is 0 Å². The van der Waals surface area contributed by atoms with Crippen LogP contribution < -0.4 is 8.85 Å². The third kappa shape index (κ3) is 9.67. The Kier molecular flexibility index (Phi) is 15.2. The molecule has 2 aliphatic rings. The van der Waals surface area contributed by atoms with Crippen LogP contribution in [0.1, 0.15) is 167 Å². The Balaban J connectivity index is 2.03. The van der Waals surface area contributed by atoms with Crippen LogP contribution in [-0.4, -0.2) is 27.5 Å². The van der Waals surface area contributed by atoms with E-state index in [0.717, 1.165) is 35.8 Å². The first-order valence-corrected chi connectivity index (χ1v) is 24.7. The smallest absolute Gasteiger partial charge is 0.258 e. The second kappa shape index (κ2) is 17.6. The monoisotopic (exact) mass is 715 g/mol. The molecule has 1 aromatic rings. The number of allylic oxidation sites excluding steroid dienone is 2. The van der Waals surface area contributed by atoms with Gasteiger partial charge in [0.25, 0.3) is 16.6 Å². The molecule has 5 atom stereocenters. The quantitative estimate of drug-likeness (QED) is 0.137. The Morgan fingerprint density at radius 3 is 1.59 bits per heavy atom. The van der Waals surface area contributed by atoms with E-state index in [2.05, 4.69) is 134 Å². The largest absolute Gasteiger partial charge is 0.543 e.